The van der Waals surface area contributed by atoms with E-state index in [1.165, 1.54) is 0 Å². The van der Waals surface area contributed by atoms with Gasteiger partial charge in [0.05, 0.1) is 6.61 Å². The number of piperidine rings is 1. The number of hydrogen-bond donors (Lipinski definition) is 1. The summed E-state index contributed by atoms with van der Waals surface area (Å²) < 4.78 is 10.9. The predicted octanol–water partition coefficient (Wildman–Crippen LogP) is 1.41. The topological polar surface area (TPSA) is 64.8 Å². The van der Waals surface area contributed by atoms with Crippen LogP contribution in [0.25, 0.3) is 0 Å². The van der Waals surface area contributed by atoms with E-state index >= 15 is 0 Å². The number of benzene rings is 1. The molecule has 1 aliphatic rings. The second-order valence-electron chi connectivity index (χ2n) is 4.94. The average Bonchev–Trinajstić information content (AvgIpc) is 2.46. The van der Waals surface area contributed by atoms with Crippen LogP contribution in [0.3, 0.4) is 0 Å². The Morgan fingerprint density at radius 1 is 1.30 bits per heavy atom. The molecule has 0 aliphatic carbocycles. The Morgan fingerprint density at radius 3 is 2.55 bits per heavy atom. The molecular weight excluding hydrogens is 256 g/mol. The SMILES string of the molecule is CCOc1ccc(OCC(=O)N2CCCC(N)C2)cc1. The van der Waals surface area contributed by atoms with Crippen molar-refractivity contribution < 1.29 is 14.3 Å². The fourth-order valence-electron chi connectivity index (χ4n) is 2.27. The highest BCUT2D eigenvalue weighted by Crippen LogP contribution is 2.17. The summed E-state index contributed by atoms with van der Waals surface area (Å²) in [7, 11) is 0. The van der Waals surface area contributed by atoms with E-state index < -0.39 is 0 Å². The molecule has 5 nitrogen and oxygen atoms in total. The molecule has 1 aromatic carbocycles. The number of likely N-dealkylation sites (tertiary alicyclic amines) is 1. The molecule has 1 atom stereocenters. The Morgan fingerprint density at radius 2 is 1.95 bits per heavy atom. The normalized spacial score (nSPS) is 18.7. The summed E-state index contributed by atoms with van der Waals surface area (Å²) in [5.41, 5.74) is 5.87. The van der Waals surface area contributed by atoms with Crippen LogP contribution in [-0.2, 0) is 4.79 Å². The van der Waals surface area contributed by atoms with Crippen LogP contribution in [0.2, 0.25) is 0 Å². The van der Waals surface area contributed by atoms with Crippen molar-refractivity contribution in [1.82, 2.24) is 4.90 Å². The predicted molar refractivity (Wildman–Crippen MR) is 76.9 cm³/mol. The van der Waals surface area contributed by atoms with E-state index in [0.29, 0.717) is 18.9 Å². The molecule has 1 heterocycles. The monoisotopic (exact) mass is 278 g/mol. The largest absolute Gasteiger partial charge is 0.494 e. The molecule has 0 radical (unpaired) electrons. The van der Waals surface area contributed by atoms with Crippen LogP contribution >= 0.6 is 0 Å². The van der Waals surface area contributed by atoms with E-state index in [-0.39, 0.29) is 18.6 Å². The summed E-state index contributed by atoms with van der Waals surface area (Å²) >= 11 is 0. The first-order valence-corrected chi connectivity index (χ1v) is 7.08. The zero-order valence-electron chi connectivity index (χ0n) is 11.9. The van der Waals surface area contributed by atoms with Gasteiger partial charge in [-0.3, -0.25) is 4.79 Å². The molecule has 5 heteroatoms. The van der Waals surface area contributed by atoms with Crippen molar-refractivity contribution in [3.8, 4) is 11.5 Å². The quantitative estimate of drug-likeness (QED) is 0.884. The lowest BCUT2D eigenvalue weighted by Crippen LogP contribution is -2.47. The molecule has 2 rings (SSSR count). The third kappa shape index (κ3) is 4.13. The van der Waals surface area contributed by atoms with Crippen LogP contribution < -0.4 is 15.2 Å². The second-order valence-corrected chi connectivity index (χ2v) is 4.94. The molecule has 0 spiro atoms. The van der Waals surface area contributed by atoms with Crippen molar-refractivity contribution in [2.75, 3.05) is 26.3 Å². The van der Waals surface area contributed by atoms with Crippen molar-refractivity contribution in [1.29, 1.82) is 0 Å². The van der Waals surface area contributed by atoms with Crippen molar-refractivity contribution in [3.63, 3.8) is 0 Å². The maximum Gasteiger partial charge on any atom is 0.260 e. The van der Waals surface area contributed by atoms with Gasteiger partial charge in [-0.25, -0.2) is 0 Å². The van der Waals surface area contributed by atoms with Crippen molar-refractivity contribution >= 4 is 5.91 Å². The number of ether oxygens (including phenoxy) is 2. The lowest BCUT2D eigenvalue weighted by molar-refractivity contribution is -0.134. The Labute approximate surface area is 119 Å². The molecular formula is C15H22N2O3. The van der Waals surface area contributed by atoms with E-state index in [1.807, 2.05) is 19.1 Å². The number of carbonyl (C=O) groups excluding carboxylic acids is 1. The lowest BCUT2D eigenvalue weighted by atomic mass is 10.1. The molecule has 1 fully saturated rings. The molecule has 0 aromatic heterocycles. The van der Waals surface area contributed by atoms with Crippen molar-refractivity contribution in [2.24, 2.45) is 5.73 Å². The summed E-state index contributed by atoms with van der Waals surface area (Å²) in [6, 6.07) is 7.37. The fraction of sp³-hybridized carbons (Fsp3) is 0.533. The summed E-state index contributed by atoms with van der Waals surface area (Å²) in [6.45, 7) is 4.03. The second kappa shape index (κ2) is 7.14. The van der Waals surface area contributed by atoms with E-state index in [2.05, 4.69) is 0 Å². The summed E-state index contributed by atoms with van der Waals surface area (Å²) in [5.74, 6) is 1.46. The fourth-order valence-corrected chi connectivity index (χ4v) is 2.27. The number of nitrogens with two attached hydrogens (primary N) is 1. The van der Waals surface area contributed by atoms with Gasteiger partial charge in [0, 0.05) is 19.1 Å². The summed E-state index contributed by atoms with van der Waals surface area (Å²) in [5, 5.41) is 0. The Balaban J connectivity index is 1.80. The molecule has 1 unspecified atom stereocenters. The molecule has 0 bridgehead atoms. The first-order chi connectivity index (χ1) is 9.69. The number of hydrogen-bond acceptors (Lipinski definition) is 4. The van der Waals surface area contributed by atoms with Gasteiger partial charge in [-0.05, 0) is 44.0 Å². The Hall–Kier alpha value is -1.75. The first-order valence-electron chi connectivity index (χ1n) is 7.08. The number of nitrogens with zero attached hydrogens (tertiary/aromatic N) is 1. The highest BCUT2D eigenvalue weighted by molar-refractivity contribution is 5.77. The minimum atomic E-state index is -0.00552. The minimum Gasteiger partial charge on any atom is -0.494 e. The smallest absolute Gasteiger partial charge is 0.260 e. The molecule has 110 valence electrons. The van der Waals surface area contributed by atoms with Crippen LogP contribution in [0.4, 0.5) is 0 Å². The van der Waals surface area contributed by atoms with E-state index in [9.17, 15) is 4.79 Å². The van der Waals surface area contributed by atoms with Crippen LogP contribution in [0, 0.1) is 0 Å². The standard InChI is InChI=1S/C15H22N2O3/c1-2-19-13-5-7-14(8-6-13)20-11-15(18)17-9-3-4-12(16)10-17/h5-8,12H,2-4,9-11,16H2,1H3. The average molecular weight is 278 g/mol. The zero-order chi connectivity index (χ0) is 14.4. The van der Waals surface area contributed by atoms with Gasteiger partial charge in [0.2, 0.25) is 0 Å². The van der Waals surface area contributed by atoms with Gasteiger partial charge in [0.1, 0.15) is 11.5 Å². The van der Waals surface area contributed by atoms with Gasteiger partial charge in [-0.15, -0.1) is 0 Å². The highest BCUT2D eigenvalue weighted by atomic mass is 16.5. The van der Waals surface area contributed by atoms with E-state index in [0.717, 1.165) is 25.1 Å². The van der Waals surface area contributed by atoms with E-state index in [1.54, 1.807) is 17.0 Å². The van der Waals surface area contributed by atoms with Gasteiger partial charge in [-0.2, -0.15) is 0 Å². The molecule has 20 heavy (non-hydrogen) atoms. The Kier molecular flexibility index (Phi) is 5.24. The van der Waals surface area contributed by atoms with Gasteiger partial charge in [-0.1, -0.05) is 0 Å². The van der Waals surface area contributed by atoms with E-state index in [4.69, 9.17) is 15.2 Å². The van der Waals surface area contributed by atoms with Crippen LogP contribution in [0.5, 0.6) is 11.5 Å². The molecule has 1 aromatic rings. The van der Waals surface area contributed by atoms with Crippen LogP contribution in [-0.4, -0.2) is 43.2 Å². The molecule has 2 N–H and O–H groups in total. The minimum absolute atomic E-state index is 0.00552. The van der Waals surface area contributed by atoms with Crippen LogP contribution in [0.1, 0.15) is 19.8 Å². The third-order valence-electron chi connectivity index (χ3n) is 3.31. The van der Waals surface area contributed by atoms with Gasteiger partial charge in [0.25, 0.3) is 5.91 Å². The first kappa shape index (κ1) is 14.7. The third-order valence-corrected chi connectivity index (χ3v) is 3.31. The molecule has 0 saturated carbocycles. The summed E-state index contributed by atoms with van der Waals surface area (Å²) in [6.07, 6.45) is 1.96. The molecule has 1 amide bonds. The van der Waals surface area contributed by atoms with Gasteiger partial charge < -0.3 is 20.1 Å². The highest BCUT2D eigenvalue weighted by Gasteiger charge is 2.21. The van der Waals surface area contributed by atoms with Gasteiger partial charge >= 0.3 is 0 Å². The summed E-state index contributed by atoms with van der Waals surface area (Å²) in [4.78, 5) is 13.8. The maximum atomic E-state index is 12.0. The van der Waals surface area contributed by atoms with Gasteiger partial charge in [0.15, 0.2) is 6.61 Å². The van der Waals surface area contributed by atoms with Crippen molar-refractivity contribution in [3.05, 3.63) is 24.3 Å². The number of carbonyl (C=O) groups is 1. The van der Waals surface area contributed by atoms with Crippen molar-refractivity contribution in [2.45, 2.75) is 25.8 Å². The zero-order valence-corrected chi connectivity index (χ0v) is 11.9. The Bertz CT molecular complexity index is 433. The van der Waals surface area contributed by atoms with Crippen LogP contribution in [0.15, 0.2) is 24.3 Å². The number of amides is 1. The maximum absolute atomic E-state index is 12.0. The lowest BCUT2D eigenvalue weighted by Gasteiger charge is -2.30. The number of rotatable bonds is 5. The molecule has 1 saturated heterocycles. The molecule has 1 aliphatic heterocycles.